The highest BCUT2D eigenvalue weighted by atomic mass is 16.7. The summed E-state index contributed by atoms with van der Waals surface area (Å²) in [5, 5.41) is 2.54. The largest absolute Gasteiger partial charge is 0.450 e. The molecule has 1 N–H and O–H groups in total. The van der Waals surface area contributed by atoms with Gasteiger partial charge in [-0.05, 0) is 18.6 Å². The van der Waals surface area contributed by atoms with Crippen molar-refractivity contribution in [1.29, 1.82) is 0 Å². The van der Waals surface area contributed by atoms with Crippen LogP contribution in [0.4, 0.5) is 4.79 Å². The molecule has 2 rings (SSSR count). The second-order valence-corrected chi connectivity index (χ2v) is 6.23. The molecular weight excluding hydrogens is 354 g/mol. The van der Waals surface area contributed by atoms with Crippen LogP contribution in [0.1, 0.15) is 26.3 Å². The van der Waals surface area contributed by atoms with E-state index in [1.165, 1.54) is 19.9 Å². The molecule has 0 aliphatic carbocycles. The Balaban J connectivity index is 2.08. The molecule has 8 nitrogen and oxygen atoms in total. The lowest BCUT2D eigenvalue weighted by molar-refractivity contribution is -0.222. The molecule has 1 aromatic carbocycles. The second kappa shape index (κ2) is 9.18. The van der Waals surface area contributed by atoms with E-state index in [2.05, 4.69) is 5.32 Å². The van der Waals surface area contributed by atoms with Crippen molar-refractivity contribution in [2.75, 3.05) is 13.2 Å². The fourth-order valence-corrected chi connectivity index (χ4v) is 2.33. The van der Waals surface area contributed by atoms with Crippen molar-refractivity contribution < 1.29 is 33.3 Å². The minimum Gasteiger partial charge on any atom is -0.450 e. The minimum absolute atomic E-state index is 0.0150. The first-order chi connectivity index (χ1) is 12.8. The van der Waals surface area contributed by atoms with Crippen LogP contribution in [0.5, 0.6) is 0 Å². The highest BCUT2D eigenvalue weighted by Gasteiger charge is 2.39. The van der Waals surface area contributed by atoms with E-state index < -0.39 is 29.9 Å². The Morgan fingerprint density at radius 2 is 1.81 bits per heavy atom. The number of ether oxygens (including phenoxy) is 4. The van der Waals surface area contributed by atoms with Gasteiger partial charge >= 0.3 is 18.0 Å². The Kier molecular flexibility index (Phi) is 6.95. The van der Waals surface area contributed by atoms with E-state index in [4.69, 9.17) is 18.9 Å². The Morgan fingerprint density at radius 1 is 1.19 bits per heavy atom. The van der Waals surface area contributed by atoms with Crippen LogP contribution < -0.4 is 5.32 Å². The van der Waals surface area contributed by atoms with Crippen molar-refractivity contribution in [1.82, 2.24) is 5.32 Å². The van der Waals surface area contributed by atoms with E-state index in [-0.39, 0.29) is 18.8 Å². The first-order valence-corrected chi connectivity index (χ1v) is 8.54. The van der Waals surface area contributed by atoms with Crippen LogP contribution in [-0.4, -0.2) is 43.1 Å². The summed E-state index contributed by atoms with van der Waals surface area (Å²) in [5.74, 6) is -2.98. The van der Waals surface area contributed by atoms with Crippen LogP contribution in [0.3, 0.4) is 0 Å². The predicted octanol–water partition coefficient (Wildman–Crippen LogP) is 2.08. The fraction of sp³-hybridized carbons (Fsp3) is 0.421. The standard InChI is InChI=1S/C19H23NO7/c1-4-25-18(23)20-14(12-24-11-13-8-6-5-7-9-13)10-15-16(21)26-19(2,3)27-17(15)22/h5-10,14H,4,11-12H2,1-3H3,(H,20,23)/t14-/m1/s1. The molecule has 27 heavy (non-hydrogen) atoms. The van der Waals surface area contributed by atoms with Gasteiger partial charge in [0, 0.05) is 13.8 Å². The summed E-state index contributed by atoms with van der Waals surface area (Å²) in [5.41, 5.74) is 0.637. The SMILES string of the molecule is CCOC(=O)N[C@H](C=C1C(=O)OC(C)(C)OC1=O)COCc1ccccc1. The van der Waals surface area contributed by atoms with Crippen molar-refractivity contribution in [2.24, 2.45) is 0 Å². The summed E-state index contributed by atoms with van der Waals surface area (Å²) in [6.45, 7) is 5.07. The third kappa shape index (κ3) is 6.41. The third-order valence-corrected chi connectivity index (χ3v) is 3.47. The van der Waals surface area contributed by atoms with Crippen LogP contribution in [0, 0.1) is 0 Å². The highest BCUT2D eigenvalue weighted by Crippen LogP contribution is 2.22. The van der Waals surface area contributed by atoms with Crippen molar-refractivity contribution in [3.63, 3.8) is 0 Å². The van der Waals surface area contributed by atoms with Gasteiger partial charge in [0.15, 0.2) is 0 Å². The topological polar surface area (TPSA) is 100 Å². The van der Waals surface area contributed by atoms with Crippen LogP contribution in [0.2, 0.25) is 0 Å². The van der Waals surface area contributed by atoms with E-state index in [9.17, 15) is 14.4 Å². The molecule has 0 spiro atoms. The Hall–Kier alpha value is -2.87. The van der Waals surface area contributed by atoms with Gasteiger partial charge in [0.1, 0.15) is 5.57 Å². The van der Waals surface area contributed by atoms with Crippen LogP contribution in [0.25, 0.3) is 0 Å². The maximum Gasteiger partial charge on any atom is 0.407 e. The maximum atomic E-state index is 12.1. The van der Waals surface area contributed by atoms with Crippen molar-refractivity contribution in [3.05, 3.63) is 47.5 Å². The smallest absolute Gasteiger partial charge is 0.407 e. The minimum atomic E-state index is -1.33. The highest BCUT2D eigenvalue weighted by molar-refractivity contribution is 6.15. The molecule has 1 aromatic rings. The zero-order valence-electron chi connectivity index (χ0n) is 15.5. The Labute approximate surface area is 157 Å². The average molecular weight is 377 g/mol. The van der Waals surface area contributed by atoms with Gasteiger partial charge in [0.2, 0.25) is 0 Å². The summed E-state index contributed by atoms with van der Waals surface area (Å²) in [6, 6.07) is 8.65. The molecule has 0 unspecified atom stereocenters. The number of carbonyl (C=O) groups excluding carboxylic acids is 3. The molecule has 146 valence electrons. The molecule has 0 bridgehead atoms. The van der Waals surface area contributed by atoms with Gasteiger partial charge in [-0.15, -0.1) is 0 Å². The van der Waals surface area contributed by atoms with Crippen LogP contribution >= 0.6 is 0 Å². The predicted molar refractivity (Wildman–Crippen MR) is 94.4 cm³/mol. The summed E-state index contributed by atoms with van der Waals surface area (Å²) in [6.07, 6.45) is 0.558. The van der Waals surface area contributed by atoms with Crippen LogP contribution in [-0.2, 0) is 35.1 Å². The molecule has 1 heterocycles. The summed E-state index contributed by atoms with van der Waals surface area (Å²) >= 11 is 0. The molecule has 1 fully saturated rings. The number of benzene rings is 1. The molecule has 0 radical (unpaired) electrons. The van der Waals surface area contributed by atoms with Crippen molar-refractivity contribution in [2.45, 2.75) is 39.2 Å². The van der Waals surface area contributed by atoms with Gasteiger partial charge in [-0.25, -0.2) is 14.4 Å². The molecule has 1 saturated heterocycles. The molecule has 1 aliphatic rings. The molecule has 1 atom stereocenters. The molecule has 8 heteroatoms. The first-order valence-electron chi connectivity index (χ1n) is 8.54. The van der Waals surface area contributed by atoms with E-state index in [1.54, 1.807) is 6.92 Å². The van der Waals surface area contributed by atoms with E-state index in [0.717, 1.165) is 5.56 Å². The van der Waals surface area contributed by atoms with Gasteiger partial charge in [0.25, 0.3) is 5.79 Å². The molecule has 1 amide bonds. The number of alkyl carbamates (subject to hydrolysis) is 1. The van der Waals surface area contributed by atoms with E-state index in [1.807, 2.05) is 30.3 Å². The summed E-state index contributed by atoms with van der Waals surface area (Å²) < 4.78 is 20.5. The lowest BCUT2D eigenvalue weighted by atomic mass is 10.1. The van der Waals surface area contributed by atoms with Gasteiger partial charge in [-0.2, -0.15) is 0 Å². The summed E-state index contributed by atoms with van der Waals surface area (Å²) in [7, 11) is 0. The first kappa shape index (κ1) is 20.4. The number of carbonyl (C=O) groups is 3. The van der Waals surface area contributed by atoms with Gasteiger partial charge in [-0.3, -0.25) is 0 Å². The van der Waals surface area contributed by atoms with Crippen LogP contribution in [0.15, 0.2) is 42.0 Å². The fourth-order valence-electron chi connectivity index (χ4n) is 2.33. The monoisotopic (exact) mass is 377 g/mol. The number of nitrogens with one attached hydrogen (secondary N) is 1. The summed E-state index contributed by atoms with van der Waals surface area (Å²) in [4.78, 5) is 35.9. The Bertz CT molecular complexity index is 690. The van der Waals surface area contributed by atoms with Gasteiger partial charge < -0.3 is 24.3 Å². The quantitative estimate of drug-likeness (QED) is 0.441. The lowest BCUT2D eigenvalue weighted by Gasteiger charge is -2.30. The molecule has 0 saturated carbocycles. The van der Waals surface area contributed by atoms with Gasteiger partial charge in [-0.1, -0.05) is 30.3 Å². The van der Waals surface area contributed by atoms with Crippen molar-refractivity contribution >= 4 is 18.0 Å². The van der Waals surface area contributed by atoms with Crippen molar-refractivity contribution in [3.8, 4) is 0 Å². The molecule has 0 aromatic heterocycles. The number of rotatable bonds is 7. The van der Waals surface area contributed by atoms with Gasteiger partial charge in [0.05, 0.1) is 25.9 Å². The number of esters is 2. The zero-order chi connectivity index (χ0) is 19.9. The Morgan fingerprint density at radius 3 is 2.41 bits per heavy atom. The molecular formula is C19H23NO7. The number of amides is 1. The second-order valence-electron chi connectivity index (χ2n) is 6.23. The molecule has 1 aliphatic heterocycles. The zero-order valence-corrected chi connectivity index (χ0v) is 15.5. The van der Waals surface area contributed by atoms with E-state index in [0.29, 0.717) is 6.61 Å². The average Bonchev–Trinajstić information content (AvgIpc) is 2.58. The number of hydrogen-bond donors (Lipinski definition) is 1. The number of hydrogen-bond acceptors (Lipinski definition) is 7. The van der Waals surface area contributed by atoms with E-state index >= 15 is 0 Å². The third-order valence-electron chi connectivity index (χ3n) is 3.47. The maximum absolute atomic E-state index is 12.1. The normalized spacial score (nSPS) is 16.8. The lowest BCUT2D eigenvalue weighted by Crippen LogP contribution is -2.44. The number of cyclic esters (lactones) is 2.